The summed E-state index contributed by atoms with van der Waals surface area (Å²) in [6.07, 6.45) is -4.37. The third-order valence-corrected chi connectivity index (χ3v) is 15.5. The van der Waals surface area contributed by atoms with Crippen molar-refractivity contribution in [2.24, 2.45) is 5.73 Å². The summed E-state index contributed by atoms with van der Waals surface area (Å²) < 4.78 is 5.29. The van der Waals surface area contributed by atoms with E-state index in [1.54, 1.807) is 42.5 Å². The molecule has 0 spiro atoms. The molecule has 2 aromatic heterocycles. The number of benzene rings is 3. The smallest absolute Gasteiger partial charge is 0.327 e. The highest BCUT2D eigenvalue weighted by Gasteiger charge is 2.35. The van der Waals surface area contributed by atoms with Gasteiger partial charge in [0.25, 0.3) is 11.5 Å². The largest absolute Gasteiger partial charge is 0.481 e. The van der Waals surface area contributed by atoms with Gasteiger partial charge in [-0.05, 0) is 67.3 Å². The zero-order valence-corrected chi connectivity index (χ0v) is 52.0. The molecule has 94 heavy (non-hydrogen) atoms. The van der Waals surface area contributed by atoms with Crippen LogP contribution in [0.4, 0.5) is 23.0 Å². The Balaban J connectivity index is 1.17. The molecule has 0 bridgehead atoms. The number of aromatic amines is 1. The number of carboxylic acids is 5. The molecule has 35 nitrogen and oxygen atoms in total. The molecular formula is C55H62Cl2N16O19S2. The van der Waals surface area contributed by atoms with E-state index in [1.165, 1.54) is 30.5 Å². The number of anilines is 4. The van der Waals surface area contributed by atoms with Crippen molar-refractivity contribution in [3.8, 4) is 0 Å². The summed E-state index contributed by atoms with van der Waals surface area (Å²) in [5, 5.41) is 78.4. The standard InChI is InChI=1S/C55H62Cl2N16O19S2/c56-29-6-3-7-30(57)43(29)66-31-8-2-1-5-26(31)17-42(81)92-24-94-93-23-37(53(90)91)71-50(86)36(20-41(79)80)70-49(85)35(19-40(77)78)69-47(83)32(9-4-16-61-54(58)59)67-48(84)34(18-39(75)76)65-38(74)15-14-33(52(88)89)68-46(82)25-10-12-27(13-11-25)62-21-28-22-63-45-44(64-28)51(87)73-55(60)72-45/h1-3,5-8,10-13,22,32-37,62,66H,4,9,14-21,23-24H2,(H,65,74)(H,67,84)(H,68,82)(H,69,83)(H,70,85)(H,71,86)(H,75,76)(H,77,78)(H,79,80)(H,88,89)(H,90,91)(H4,58,59,61)(H3,60,63,72,73,87). The number of fused-ring (bicyclic) bond motifs is 1. The Morgan fingerprint density at radius 3 is 1.81 bits per heavy atom. The third-order valence-electron chi connectivity index (χ3n) is 12.8. The summed E-state index contributed by atoms with van der Waals surface area (Å²) >= 11 is 12.6. The molecule has 0 aliphatic heterocycles. The fourth-order valence-corrected chi connectivity index (χ4v) is 10.5. The van der Waals surface area contributed by atoms with Gasteiger partial charge in [-0.25, -0.2) is 19.6 Å². The van der Waals surface area contributed by atoms with Crippen LogP contribution in [0.5, 0.6) is 0 Å². The number of nitrogens with two attached hydrogens (primary N) is 2. The van der Waals surface area contributed by atoms with Crippen molar-refractivity contribution in [2.45, 2.75) is 94.2 Å². The molecule has 6 amide bonds. The Hall–Kier alpha value is -10.5. The van der Waals surface area contributed by atoms with Crippen LogP contribution < -0.4 is 64.9 Å². The lowest BCUT2D eigenvalue weighted by Gasteiger charge is -2.26. The number of para-hydroxylation sites is 2. The number of ether oxygens (including phenoxy) is 1. The first-order valence-corrected chi connectivity index (χ1v) is 30.9. The number of hydrogen-bond donors (Lipinski definition) is 18. The predicted molar refractivity (Wildman–Crippen MR) is 338 cm³/mol. The van der Waals surface area contributed by atoms with Crippen LogP contribution in [0.2, 0.25) is 10.0 Å². The van der Waals surface area contributed by atoms with Crippen LogP contribution in [0.25, 0.3) is 11.2 Å². The first-order chi connectivity index (χ1) is 44.6. The Kier molecular flexibility index (Phi) is 28.8. The van der Waals surface area contributed by atoms with E-state index in [0.717, 1.165) is 21.6 Å². The molecule has 3 aromatic carbocycles. The second-order valence-corrected chi connectivity index (χ2v) is 23.2. The number of esters is 1. The highest BCUT2D eigenvalue weighted by Crippen LogP contribution is 2.34. The van der Waals surface area contributed by atoms with Crippen LogP contribution in [0.3, 0.4) is 0 Å². The molecule has 5 rings (SSSR count). The number of guanidine groups is 1. The molecule has 0 saturated heterocycles. The van der Waals surface area contributed by atoms with E-state index in [2.05, 4.69) is 62.5 Å². The van der Waals surface area contributed by atoms with Gasteiger partial charge >= 0.3 is 35.8 Å². The fraction of sp³-hybridized carbons (Fsp3) is 0.327. The van der Waals surface area contributed by atoms with Crippen LogP contribution >= 0.6 is 44.8 Å². The van der Waals surface area contributed by atoms with E-state index < -0.39 is 163 Å². The molecule has 6 atom stereocenters. The number of nitrogen functional groups attached to an aromatic ring is 1. The van der Waals surface area contributed by atoms with Gasteiger partial charge in [-0.15, -0.1) is 0 Å². The number of halogens is 2. The summed E-state index contributed by atoms with van der Waals surface area (Å²) in [7, 11) is 1.68. The van der Waals surface area contributed by atoms with Gasteiger partial charge in [-0.1, -0.05) is 69.1 Å². The Bertz CT molecular complexity index is 3700. The first kappa shape index (κ1) is 74.2. The number of carbonyl (C=O) groups is 12. The van der Waals surface area contributed by atoms with Crippen molar-refractivity contribution in [3.05, 3.63) is 110 Å². The van der Waals surface area contributed by atoms with E-state index >= 15 is 0 Å². The molecule has 0 radical (unpaired) electrons. The van der Waals surface area contributed by atoms with Crippen molar-refractivity contribution >= 4 is 156 Å². The minimum atomic E-state index is -2.18. The van der Waals surface area contributed by atoms with E-state index in [0.29, 0.717) is 38.4 Å². The summed E-state index contributed by atoms with van der Waals surface area (Å²) in [5.74, 6) is -18.0. The average Bonchev–Trinajstić information content (AvgIpc) is 0.936. The lowest BCUT2D eigenvalue weighted by atomic mass is 10.1. The highest BCUT2D eigenvalue weighted by molar-refractivity contribution is 8.76. The lowest BCUT2D eigenvalue weighted by Crippen LogP contribution is -2.59. The van der Waals surface area contributed by atoms with Gasteiger partial charge < -0.3 is 89.6 Å². The Morgan fingerprint density at radius 1 is 0.660 bits per heavy atom. The van der Waals surface area contributed by atoms with Gasteiger partial charge in [0.2, 0.25) is 35.5 Å². The van der Waals surface area contributed by atoms with Crippen LogP contribution in [-0.4, -0.2) is 177 Å². The molecule has 20 N–H and O–H groups in total. The van der Waals surface area contributed by atoms with Crippen molar-refractivity contribution in [1.29, 1.82) is 5.41 Å². The number of hydrogen-bond acceptors (Lipinski definition) is 23. The predicted octanol–water partition coefficient (Wildman–Crippen LogP) is 0.242. The number of aromatic nitrogens is 4. The van der Waals surface area contributed by atoms with Crippen LogP contribution in [0, 0.1) is 5.41 Å². The second-order valence-electron chi connectivity index (χ2n) is 19.9. The molecule has 5 aromatic rings. The van der Waals surface area contributed by atoms with Crippen molar-refractivity contribution in [1.82, 2.24) is 57.2 Å². The normalized spacial score (nSPS) is 12.7. The van der Waals surface area contributed by atoms with Crippen LogP contribution in [-0.2, 0) is 70.4 Å². The Labute approximate surface area is 548 Å². The number of nitrogens with zero attached hydrogens (tertiary/aromatic N) is 3. The number of H-pyrrole nitrogens is 1. The van der Waals surface area contributed by atoms with Gasteiger partial charge in [0.05, 0.1) is 59.9 Å². The first-order valence-electron chi connectivity index (χ1n) is 27.6. The summed E-state index contributed by atoms with van der Waals surface area (Å²) in [5.41, 5.74) is 12.5. The van der Waals surface area contributed by atoms with E-state index in [-0.39, 0.29) is 54.5 Å². The summed E-state index contributed by atoms with van der Waals surface area (Å²) in [6, 6.07) is 5.63. The van der Waals surface area contributed by atoms with Gasteiger partial charge in [0.1, 0.15) is 42.2 Å². The number of rotatable bonds is 38. The molecule has 502 valence electrons. The molecule has 0 fully saturated rings. The van der Waals surface area contributed by atoms with Crippen LogP contribution in [0.15, 0.2) is 77.7 Å². The number of nitrogens with one attached hydrogen (secondary N) is 11. The SMILES string of the molecule is N=C(N)NCCCC(NC(=O)C(CC(=O)O)NC(=O)CCC(NC(=O)c1ccc(NCc2cnc3nc(N)[nH]c(=O)c3n2)cc1)C(=O)O)C(=O)NC(CC(=O)O)C(=O)NC(CC(=O)O)C(=O)NC(CSSCOC(=O)Cc1ccccc1Nc1c(Cl)cccc1Cl)C(=O)O. The molecule has 0 saturated carbocycles. The van der Waals surface area contributed by atoms with Crippen LogP contribution in [0.1, 0.15) is 66.6 Å². The van der Waals surface area contributed by atoms with Gasteiger partial charge in [0.15, 0.2) is 17.1 Å². The topological polar surface area (TPSA) is 571 Å². The lowest BCUT2D eigenvalue weighted by molar-refractivity contribution is -0.144. The monoisotopic (exact) mass is 1380 g/mol. The fourth-order valence-electron chi connectivity index (χ4n) is 8.24. The van der Waals surface area contributed by atoms with E-state index in [9.17, 15) is 87.9 Å². The molecular weight excluding hydrogens is 1320 g/mol. The maximum atomic E-state index is 14.0. The number of carboxylic acid groups (broad SMARTS) is 5. The Morgan fingerprint density at radius 2 is 1.22 bits per heavy atom. The summed E-state index contributed by atoms with van der Waals surface area (Å²) in [4.78, 5) is 181. The van der Waals surface area contributed by atoms with Gasteiger partial charge in [0, 0.05) is 35.7 Å². The quantitative estimate of drug-likeness (QED) is 0.00628. The number of carbonyl (C=O) groups excluding carboxylic acids is 7. The number of amides is 6. The molecule has 0 aliphatic rings. The highest BCUT2D eigenvalue weighted by atomic mass is 35.5. The third kappa shape index (κ3) is 24.6. The van der Waals surface area contributed by atoms with Crippen molar-refractivity contribution in [3.63, 3.8) is 0 Å². The molecule has 2 heterocycles. The zero-order valence-electron chi connectivity index (χ0n) is 48.9. The molecule has 39 heteroatoms. The molecule has 0 aliphatic carbocycles. The van der Waals surface area contributed by atoms with E-state index in [1.807, 2.05) is 5.32 Å². The second kappa shape index (κ2) is 36.5. The molecule has 6 unspecified atom stereocenters. The van der Waals surface area contributed by atoms with Gasteiger partial charge in [-0.3, -0.25) is 63.1 Å². The van der Waals surface area contributed by atoms with E-state index in [4.69, 9.17) is 44.8 Å². The minimum absolute atomic E-state index is 0.0177. The minimum Gasteiger partial charge on any atom is -0.481 e. The maximum absolute atomic E-state index is 14.0. The van der Waals surface area contributed by atoms with Crippen molar-refractivity contribution in [2.75, 3.05) is 34.6 Å². The average molecular weight is 1390 g/mol. The van der Waals surface area contributed by atoms with Crippen molar-refractivity contribution < 1.29 is 87.8 Å². The zero-order chi connectivity index (χ0) is 69.2. The summed E-state index contributed by atoms with van der Waals surface area (Å²) in [6.45, 7) is -0.0653. The number of aliphatic carboxylic acids is 5. The maximum Gasteiger partial charge on any atom is 0.327 e. The van der Waals surface area contributed by atoms with Gasteiger partial charge in [-0.2, -0.15) is 4.98 Å².